The maximum absolute atomic E-state index is 12.8. The number of ketones is 2. The first-order valence-electron chi connectivity index (χ1n) is 9.88. The predicted octanol–water partition coefficient (Wildman–Crippen LogP) is 7.10. The van der Waals surface area contributed by atoms with E-state index in [0.717, 1.165) is 23.1 Å². The zero-order valence-corrected chi connectivity index (χ0v) is 17.5. The van der Waals surface area contributed by atoms with Crippen molar-refractivity contribution in [1.29, 1.82) is 0 Å². The molecular formula is C25H24O2S. The molecule has 1 atom stereocenters. The minimum atomic E-state index is -0.407. The van der Waals surface area contributed by atoms with E-state index in [9.17, 15) is 9.59 Å². The Bertz CT molecular complexity index is 1090. The maximum Gasteiger partial charge on any atom is 0.234 e. The average molecular weight is 389 g/mol. The Morgan fingerprint density at radius 2 is 1.43 bits per heavy atom. The van der Waals surface area contributed by atoms with Gasteiger partial charge in [0.2, 0.25) is 11.6 Å². The Morgan fingerprint density at radius 3 is 2.11 bits per heavy atom. The minimum absolute atomic E-state index is 0.403. The minimum Gasteiger partial charge on any atom is -0.285 e. The molecule has 2 aromatic carbocycles. The number of Topliss-reactive ketones (excluding diaryl/α,β-unsaturated/α-hetero) is 2. The number of rotatable bonds is 4. The summed E-state index contributed by atoms with van der Waals surface area (Å²) in [5.41, 5.74) is 4.96. The van der Waals surface area contributed by atoms with Crippen LogP contribution in [-0.4, -0.2) is 11.6 Å². The van der Waals surface area contributed by atoms with Crippen LogP contribution in [-0.2, 0) is 0 Å². The summed E-state index contributed by atoms with van der Waals surface area (Å²) in [6.07, 6.45) is 1.07. The molecule has 2 nitrogen and oxygen atoms in total. The maximum atomic E-state index is 12.8. The summed E-state index contributed by atoms with van der Waals surface area (Å²) in [6.45, 7) is 8.88. The highest BCUT2D eigenvalue weighted by atomic mass is 32.1. The van der Waals surface area contributed by atoms with Gasteiger partial charge in [0, 0.05) is 20.9 Å². The Balaban J connectivity index is 1.90. The van der Waals surface area contributed by atoms with Crippen molar-refractivity contribution in [2.45, 2.75) is 46.0 Å². The number of benzene rings is 2. The van der Waals surface area contributed by atoms with Gasteiger partial charge in [-0.3, -0.25) is 9.59 Å². The van der Waals surface area contributed by atoms with E-state index in [1.165, 1.54) is 15.3 Å². The largest absolute Gasteiger partial charge is 0.285 e. The topological polar surface area (TPSA) is 34.1 Å². The first-order valence-corrected chi connectivity index (χ1v) is 10.7. The lowest BCUT2D eigenvalue weighted by Crippen LogP contribution is -2.21. The molecular weight excluding hydrogens is 364 g/mol. The van der Waals surface area contributed by atoms with Crippen molar-refractivity contribution in [3.8, 4) is 22.3 Å². The van der Waals surface area contributed by atoms with Crippen LogP contribution < -0.4 is 0 Å². The van der Waals surface area contributed by atoms with Gasteiger partial charge in [-0.1, -0.05) is 64.1 Å². The molecule has 28 heavy (non-hydrogen) atoms. The van der Waals surface area contributed by atoms with Crippen LogP contribution in [0.25, 0.3) is 22.3 Å². The van der Waals surface area contributed by atoms with E-state index in [1.54, 1.807) is 12.1 Å². The molecule has 0 bridgehead atoms. The normalized spacial score (nSPS) is 14.2. The summed E-state index contributed by atoms with van der Waals surface area (Å²) in [5, 5.41) is 0. The van der Waals surface area contributed by atoms with Gasteiger partial charge >= 0.3 is 0 Å². The van der Waals surface area contributed by atoms with Gasteiger partial charge in [0.05, 0.1) is 0 Å². The van der Waals surface area contributed by atoms with Gasteiger partial charge in [0.25, 0.3) is 0 Å². The second kappa shape index (κ2) is 7.14. The van der Waals surface area contributed by atoms with Crippen LogP contribution in [0.5, 0.6) is 0 Å². The summed E-state index contributed by atoms with van der Waals surface area (Å²) in [4.78, 5) is 28.1. The zero-order chi connectivity index (χ0) is 20.0. The molecule has 1 unspecified atom stereocenters. The van der Waals surface area contributed by atoms with Gasteiger partial charge in [-0.25, -0.2) is 0 Å². The fourth-order valence-corrected chi connectivity index (χ4v) is 5.10. The first-order chi connectivity index (χ1) is 13.4. The number of carbonyl (C=O) groups excluding carboxylic acids is 2. The van der Waals surface area contributed by atoms with E-state index in [2.05, 4.69) is 39.8 Å². The quantitative estimate of drug-likeness (QED) is 0.447. The molecule has 4 rings (SSSR count). The molecule has 0 fully saturated rings. The van der Waals surface area contributed by atoms with Crippen molar-refractivity contribution in [3.05, 3.63) is 69.4 Å². The SMILES string of the molecule is CCC(C)c1sc(C(C)C)cc1-c1ccc2c(c1)C(=O)C(=O)c1ccccc1-2. The number of thiophene rings is 1. The molecule has 0 radical (unpaired) electrons. The van der Waals surface area contributed by atoms with Gasteiger partial charge < -0.3 is 0 Å². The molecule has 1 aromatic heterocycles. The van der Waals surface area contributed by atoms with E-state index in [0.29, 0.717) is 23.0 Å². The van der Waals surface area contributed by atoms with E-state index in [4.69, 9.17) is 0 Å². The van der Waals surface area contributed by atoms with Crippen LogP contribution >= 0.6 is 11.3 Å². The van der Waals surface area contributed by atoms with Crippen LogP contribution in [0.3, 0.4) is 0 Å². The van der Waals surface area contributed by atoms with E-state index >= 15 is 0 Å². The van der Waals surface area contributed by atoms with Crippen molar-refractivity contribution in [1.82, 2.24) is 0 Å². The smallest absolute Gasteiger partial charge is 0.234 e. The fraction of sp³-hybridized carbons (Fsp3) is 0.280. The molecule has 1 aliphatic carbocycles. The van der Waals surface area contributed by atoms with Crippen molar-refractivity contribution < 1.29 is 9.59 Å². The summed E-state index contributed by atoms with van der Waals surface area (Å²) in [7, 11) is 0. The number of fused-ring (bicyclic) bond motifs is 3. The second-order valence-corrected chi connectivity index (χ2v) is 8.97. The molecule has 0 spiro atoms. The van der Waals surface area contributed by atoms with Crippen molar-refractivity contribution in [2.24, 2.45) is 0 Å². The molecule has 3 heteroatoms. The third-order valence-corrected chi connectivity index (χ3v) is 7.32. The van der Waals surface area contributed by atoms with Crippen LogP contribution in [0.15, 0.2) is 48.5 Å². The highest BCUT2D eigenvalue weighted by molar-refractivity contribution is 7.12. The van der Waals surface area contributed by atoms with Crippen molar-refractivity contribution in [3.63, 3.8) is 0 Å². The summed E-state index contributed by atoms with van der Waals surface area (Å²) < 4.78 is 0. The third kappa shape index (κ3) is 2.94. The molecule has 1 aliphatic rings. The van der Waals surface area contributed by atoms with Gasteiger partial charge in [-0.2, -0.15) is 0 Å². The Morgan fingerprint density at radius 1 is 0.786 bits per heavy atom. The number of hydrogen-bond acceptors (Lipinski definition) is 3. The standard InChI is InChI=1S/C25H24O2S/c1-5-15(4)25-20(13-22(28-25)14(2)3)16-10-11-18-17-8-6-7-9-19(17)23(26)24(27)21(18)12-16/h6-15H,5H2,1-4H3. The molecule has 0 N–H and O–H groups in total. The highest BCUT2D eigenvalue weighted by Gasteiger charge is 2.30. The van der Waals surface area contributed by atoms with Crippen LogP contribution in [0, 0.1) is 0 Å². The van der Waals surface area contributed by atoms with E-state index in [-0.39, 0.29) is 0 Å². The van der Waals surface area contributed by atoms with Gasteiger partial charge in [-0.05, 0) is 52.6 Å². The van der Waals surface area contributed by atoms with E-state index in [1.807, 2.05) is 35.6 Å². The summed E-state index contributed by atoms with van der Waals surface area (Å²) in [6, 6.07) is 15.7. The lowest BCUT2D eigenvalue weighted by atomic mass is 9.82. The number of carbonyl (C=O) groups is 2. The van der Waals surface area contributed by atoms with Gasteiger partial charge in [0.15, 0.2) is 0 Å². The van der Waals surface area contributed by atoms with E-state index < -0.39 is 11.6 Å². The van der Waals surface area contributed by atoms with Crippen LogP contribution in [0.2, 0.25) is 0 Å². The number of hydrogen-bond donors (Lipinski definition) is 0. The molecule has 1 heterocycles. The fourth-order valence-electron chi connectivity index (χ4n) is 3.78. The third-order valence-electron chi connectivity index (χ3n) is 5.65. The Kier molecular flexibility index (Phi) is 4.80. The van der Waals surface area contributed by atoms with Crippen LogP contribution in [0.4, 0.5) is 0 Å². The Labute approximate surface area is 170 Å². The summed E-state index contributed by atoms with van der Waals surface area (Å²) in [5.74, 6) is 0.117. The molecule has 0 aliphatic heterocycles. The van der Waals surface area contributed by atoms with Crippen LogP contribution in [0.1, 0.15) is 76.4 Å². The molecule has 0 amide bonds. The highest BCUT2D eigenvalue weighted by Crippen LogP contribution is 2.42. The summed E-state index contributed by atoms with van der Waals surface area (Å²) >= 11 is 1.87. The average Bonchev–Trinajstić information content (AvgIpc) is 3.17. The lowest BCUT2D eigenvalue weighted by Gasteiger charge is -2.19. The van der Waals surface area contributed by atoms with Crippen molar-refractivity contribution >= 4 is 22.9 Å². The second-order valence-electron chi connectivity index (χ2n) is 7.85. The zero-order valence-electron chi connectivity index (χ0n) is 16.7. The molecule has 0 saturated heterocycles. The van der Waals surface area contributed by atoms with Gasteiger partial charge in [0.1, 0.15) is 0 Å². The van der Waals surface area contributed by atoms with Gasteiger partial charge in [-0.15, -0.1) is 11.3 Å². The molecule has 142 valence electrons. The molecule has 0 saturated carbocycles. The first kappa shape index (κ1) is 18.8. The monoisotopic (exact) mass is 388 g/mol. The molecule has 3 aromatic rings. The lowest BCUT2D eigenvalue weighted by molar-refractivity contribution is 0.0815. The van der Waals surface area contributed by atoms with Crippen molar-refractivity contribution in [2.75, 3.05) is 0 Å². The predicted molar refractivity (Wildman–Crippen MR) is 117 cm³/mol. The Hall–Kier alpha value is -2.52.